The SMILES string of the molecule is CN(C)C(=O)COC1CC(F)CCCCC(S/C=C/NS(=O)(=O)c2ccccc2)CC1F. The lowest BCUT2D eigenvalue weighted by atomic mass is 9.96. The number of benzene rings is 1. The molecule has 10 heteroatoms. The molecule has 1 aromatic carbocycles. The van der Waals surface area contributed by atoms with Gasteiger partial charge in [-0.2, -0.15) is 0 Å². The predicted octanol–water partition coefficient (Wildman–Crippen LogP) is 4.04. The lowest BCUT2D eigenvalue weighted by Crippen LogP contribution is -2.36. The van der Waals surface area contributed by atoms with Gasteiger partial charge < -0.3 is 9.64 Å². The van der Waals surface area contributed by atoms with E-state index in [4.69, 9.17) is 4.74 Å². The van der Waals surface area contributed by atoms with Gasteiger partial charge in [-0.15, -0.1) is 11.8 Å². The van der Waals surface area contributed by atoms with Crippen LogP contribution in [0.1, 0.15) is 38.5 Å². The number of nitrogens with one attached hydrogen (secondary N) is 1. The minimum Gasteiger partial charge on any atom is -0.365 e. The number of hydrogen-bond donors (Lipinski definition) is 1. The third-order valence-electron chi connectivity index (χ3n) is 5.21. The number of ether oxygens (including phenoxy) is 1. The summed E-state index contributed by atoms with van der Waals surface area (Å²) in [4.78, 5) is 13.3. The predicted molar refractivity (Wildman–Crippen MR) is 123 cm³/mol. The van der Waals surface area contributed by atoms with Gasteiger partial charge in [-0.25, -0.2) is 17.2 Å². The highest BCUT2D eigenvalue weighted by Crippen LogP contribution is 2.30. The molecule has 0 aromatic heterocycles. The van der Waals surface area contributed by atoms with E-state index in [0.29, 0.717) is 19.3 Å². The average molecular weight is 491 g/mol. The topological polar surface area (TPSA) is 75.7 Å². The monoisotopic (exact) mass is 490 g/mol. The van der Waals surface area contributed by atoms with Gasteiger partial charge in [0.15, 0.2) is 0 Å². The van der Waals surface area contributed by atoms with Crippen molar-refractivity contribution in [1.82, 2.24) is 9.62 Å². The zero-order valence-corrected chi connectivity index (χ0v) is 20.1. The van der Waals surface area contributed by atoms with E-state index in [1.165, 1.54) is 35.0 Å². The van der Waals surface area contributed by atoms with Crippen LogP contribution >= 0.6 is 11.8 Å². The van der Waals surface area contributed by atoms with E-state index in [0.717, 1.165) is 6.42 Å². The fraction of sp³-hybridized carbons (Fsp3) is 0.591. The van der Waals surface area contributed by atoms with E-state index >= 15 is 4.39 Å². The number of likely N-dealkylation sites (N-methyl/N-ethyl adjacent to an activating group) is 1. The molecule has 32 heavy (non-hydrogen) atoms. The van der Waals surface area contributed by atoms with Gasteiger partial charge in [0.1, 0.15) is 19.0 Å². The molecule has 4 unspecified atom stereocenters. The summed E-state index contributed by atoms with van der Waals surface area (Å²) in [5.41, 5.74) is 0. The van der Waals surface area contributed by atoms with Crippen LogP contribution in [0.25, 0.3) is 0 Å². The Morgan fingerprint density at radius 2 is 1.88 bits per heavy atom. The molecule has 4 atom stereocenters. The maximum absolute atomic E-state index is 15.0. The fourth-order valence-corrected chi connectivity index (χ4v) is 5.27. The molecule has 0 saturated heterocycles. The van der Waals surface area contributed by atoms with Crippen LogP contribution in [0.2, 0.25) is 0 Å². The van der Waals surface area contributed by atoms with E-state index in [1.54, 1.807) is 37.7 Å². The molecule has 1 N–H and O–H groups in total. The van der Waals surface area contributed by atoms with Gasteiger partial charge in [0.25, 0.3) is 10.0 Å². The Morgan fingerprint density at radius 3 is 2.56 bits per heavy atom. The Balaban J connectivity index is 1.95. The van der Waals surface area contributed by atoms with Crippen molar-refractivity contribution in [2.75, 3.05) is 20.7 Å². The van der Waals surface area contributed by atoms with Crippen molar-refractivity contribution in [3.63, 3.8) is 0 Å². The quantitative estimate of drug-likeness (QED) is 0.595. The number of carbonyl (C=O) groups is 1. The number of amides is 1. The Hall–Kier alpha value is -1.65. The highest BCUT2D eigenvalue weighted by atomic mass is 32.2. The molecule has 1 aliphatic carbocycles. The molecule has 1 aliphatic rings. The molecule has 1 fully saturated rings. The van der Waals surface area contributed by atoms with Crippen molar-refractivity contribution in [2.45, 2.75) is 67.1 Å². The standard InChI is InChI=1S/C22H32F2N2O4S2/c1-26(2)22(27)16-30-21-14-17(23)8-6-7-9-18(15-20(21)24)31-13-12-25-32(28,29)19-10-4-3-5-11-19/h3-5,10-13,17-18,20-21,25H,6-9,14-16H2,1-2H3/b13-12+. The molecule has 180 valence electrons. The molecule has 1 aromatic rings. The minimum atomic E-state index is -3.66. The number of rotatable bonds is 8. The van der Waals surface area contributed by atoms with E-state index < -0.39 is 28.5 Å². The summed E-state index contributed by atoms with van der Waals surface area (Å²) in [5.74, 6) is -0.302. The summed E-state index contributed by atoms with van der Waals surface area (Å²) < 4.78 is 61.6. The molecule has 0 bridgehead atoms. The van der Waals surface area contributed by atoms with Crippen LogP contribution in [0.5, 0.6) is 0 Å². The first-order valence-corrected chi connectivity index (χ1v) is 13.1. The second-order valence-electron chi connectivity index (χ2n) is 8.00. The first kappa shape index (κ1) is 26.6. The van der Waals surface area contributed by atoms with Gasteiger partial charge in [-0.3, -0.25) is 9.52 Å². The number of carbonyl (C=O) groups excluding carboxylic acids is 1. The van der Waals surface area contributed by atoms with Crippen LogP contribution in [-0.4, -0.2) is 63.6 Å². The maximum atomic E-state index is 15.0. The van der Waals surface area contributed by atoms with Crippen molar-refractivity contribution >= 4 is 27.7 Å². The summed E-state index contributed by atoms with van der Waals surface area (Å²) in [5, 5.41) is 1.49. The minimum absolute atomic E-state index is 0.0774. The zero-order valence-electron chi connectivity index (χ0n) is 18.5. The number of nitrogens with zero attached hydrogens (tertiary/aromatic N) is 1. The third-order valence-corrected chi connectivity index (χ3v) is 7.65. The molecule has 0 aliphatic heterocycles. The van der Waals surface area contributed by atoms with Gasteiger partial charge >= 0.3 is 0 Å². The molecule has 6 nitrogen and oxygen atoms in total. The number of hydrogen-bond acceptors (Lipinski definition) is 5. The van der Waals surface area contributed by atoms with Crippen LogP contribution in [0.4, 0.5) is 8.78 Å². The number of halogens is 2. The molecule has 0 radical (unpaired) electrons. The molecular weight excluding hydrogens is 458 g/mol. The summed E-state index contributed by atoms with van der Waals surface area (Å²) in [6.45, 7) is -0.288. The van der Waals surface area contributed by atoms with Crippen LogP contribution in [0.15, 0.2) is 46.8 Å². The van der Waals surface area contributed by atoms with E-state index in [2.05, 4.69) is 4.72 Å². The van der Waals surface area contributed by atoms with Crippen LogP contribution < -0.4 is 4.72 Å². The average Bonchev–Trinajstić information content (AvgIpc) is 2.76. The Morgan fingerprint density at radius 1 is 1.19 bits per heavy atom. The van der Waals surface area contributed by atoms with Crippen molar-refractivity contribution in [1.29, 1.82) is 0 Å². The van der Waals surface area contributed by atoms with Gasteiger partial charge in [-0.1, -0.05) is 31.0 Å². The molecule has 1 amide bonds. The van der Waals surface area contributed by atoms with Crippen LogP contribution in [-0.2, 0) is 19.6 Å². The van der Waals surface area contributed by atoms with E-state index in [-0.39, 0.29) is 35.5 Å². The van der Waals surface area contributed by atoms with E-state index in [1.807, 2.05) is 0 Å². The summed E-state index contributed by atoms with van der Waals surface area (Å²) in [7, 11) is -0.500. The highest BCUT2D eigenvalue weighted by Gasteiger charge is 2.30. The van der Waals surface area contributed by atoms with Crippen molar-refractivity contribution in [2.24, 2.45) is 0 Å². The first-order valence-electron chi connectivity index (χ1n) is 10.7. The molecule has 0 spiro atoms. The number of thioether (sulfide) groups is 1. The fourth-order valence-electron chi connectivity index (χ4n) is 3.32. The maximum Gasteiger partial charge on any atom is 0.261 e. The van der Waals surface area contributed by atoms with Gasteiger partial charge in [0, 0.05) is 32.0 Å². The van der Waals surface area contributed by atoms with Crippen molar-refractivity contribution < 1.29 is 26.7 Å². The van der Waals surface area contributed by atoms with Crippen LogP contribution in [0, 0.1) is 0 Å². The third kappa shape index (κ3) is 9.07. The van der Waals surface area contributed by atoms with Gasteiger partial charge in [0.2, 0.25) is 5.91 Å². The highest BCUT2D eigenvalue weighted by molar-refractivity contribution is 8.02. The number of alkyl halides is 2. The summed E-state index contributed by atoms with van der Waals surface area (Å²) in [6.07, 6.45) is 0.269. The van der Waals surface area contributed by atoms with Crippen LogP contribution in [0.3, 0.4) is 0 Å². The molecular formula is C22H32F2N2O4S2. The van der Waals surface area contributed by atoms with Crippen molar-refractivity contribution in [3.8, 4) is 0 Å². The molecule has 2 rings (SSSR count). The van der Waals surface area contributed by atoms with Crippen molar-refractivity contribution in [3.05, 3.63) is 41.9 Å². The molecule has 0 heterocycles. The lowest BCUT2D eigenvalue weighted by Gasteiger charge is -2.27. The molecule has 1 saturated carbocycles. The first-order chi connectivity index (χ1) is 15.2. The Kier molecular flexibility index (Phi) is 10.9. The summed E-state index contributed by atoms with van der Waals surface area (Å²) >= 11 is 1.34. The largest absolute Gasteiger partial charge is 0.365 e. The zero-order chi connectivity index (χ0) is 23.6. The Labute approximate surface area is 193 Å². The summed E-state index contributed by atoms with van der Waals surface area (Å²) in [6, 6.07) is 8.01. The Bertz CT molecular complexity index is 838. The normalized spacial score (nSPS) is 25.4. The smallest absolute Gasteiger partial charge is 0.261 e. The van der Waals surface area contributed by atoms with E-state index in [9.17, 15) is 17.6 Å². The number of sulfonamides is 1. The second kappa shape index (κ2) is 13.2. The van der Waals surface area contributed by atoms with Gasteiger partial charge in [0.05, 0.1) is 11.0 Å². The lowest BCUT2D eigenvalue weighted by molar-refractivity contribution is -0.138. The second-order valence-corrected chi connectivity index (χ2v) is 10.9. The van der Waals surface area contributed by atoms with Gasteiger partial charge in [-0.05, 0) is 36.8 Å².